The van der Waals surface area contributed by atoms with Crippen molar-refractivity contribution >= 4 is 11.9 Å². The Hall–Kier alpha value is -1.06. The molecule has 1 unspecified atom stereocenters. The predicted octanol–water partition coefficient (Wildman–Crippen LogP) is 1.38. The maximum atomic E-state index is 11.4. The van der Waals surface area contributed by atoms with Gasteiger partial charge in [0.15, 0.2) is 0 Å². The van der Waals surface area contributed by atoms with Crippen LogP contribution in [0.1, 0.15) is 26.2 Å². The number of carbonyl (C=O) groups excluding carboxylic acids is 2. The lowest BCUT2D eigenvalue weighted by atomic mass is 9.76. The summed E-state index contributed by atoms with van der Waals surface area (Å²) < 4.78 is 9.42. The van der Waals surface area contributed by atoms with Gasteiger partial charge in [0.2, 0.25) is 0 Å². The van der Waals surface area contributed by atoms with Gasteiger partial charge in [0.1, 0.15) is 0 Å². The van der Waals surface area contributed by atoms with Crippen molar-refractivity contribution < 1.29 is 19.1 Å². The monoisotopic (exact) mass is 214 g/mol. The van der Waals surface area contributed by atoms with E-state index in [1.807, 2.05) is 6.92 Å². The zero-order valence-corrected chi connectivity index (χ0v) is 9.49. The zero-order chi connectivity index (χ0) is 11.4. The number of rotatable bonds is 2. The normalized spacial score (nSPS) is 30.7. The van der Waals surface area contributed by atoms with Crippen molar-refractivity contribution in [3.05, 3.63) is 0 Å². The predicted molar refractivity (Wildman–Crippen MR) is 54.0 cm³/mol. The molecule has 1 rings (SSSR count). The molecule has 0 aromatic carbocycles. The Morgan fingerprint density at radius 1 is 0.933 bits per heavy atom. The van der Waals surface area contributed by atoms with Crippen molar-refractivity contribution in [3.63, 3.8) is 0 Å². The Morgan fingerprint density at radius 2 is 1.33 bits per heavy atom. The zero-order valence-electron chi connectivity index (χ0n) is 9.49. The van der Waals surface area contributed by atoms with E-state index >= 15 is 0 Å². The highest BCUT2D eigenvalue weighted by atomic mass is 16.5. The lowest BCUT2D eigenvalue weighted by molar-refractivity contribution is -0.152. The highest BCUT2D eigenvalue weighted by Crippen LogP contribution is 2.34. The third kappa shape index (κ3) is 2.94. The van der Waals surface area contributed by atoms with Crippen LogP contribution in [-0.2, 0) is 19.1 Å². The van der Waals surface area contributed by atoms with Gasteiger partial charge < -0.3 is 9.47 Å². The van der Waals surface area contributed by atoms with Gasteiger partial charge in [-0.15, -0.1) is 0 Å². The van der Waals surface area contributed by atoms with Gasteiger partial charge in [-0.25, -0.2) is 0 Å². The highest BCUT2D eigenvalue weighted by Gasteiger charge is 2.35. The molecule has 3 atom stereocenters. The van der Waals surface area contributed by atoms with Crippen LogP contribution in [0.15, 0.2) is 0 Å². The van der Waals surface area contributed by atoms with Crippen molar-refractivity contribution in [2.45, 2.75) is 26.2 Å². The van der Waals surface area contributed by atoms with E-state index in [2.05, 4.69) is 0 Å². The lowest BCUT2D eigenvalue weighted by Gasteiger charge is -2.30. The molecule has 0 aromatic heterocycles. The summed E-state index contributed by atoms with van der Waals surface area (Å²) >= 11 is 0. The number of hydrogen-bond acceptors (Lipinski definition) is 4. The van der Waals surface area contributed by atoms with Crippen LogP contribution in [0, 0.1) is 17.8 Å². The summed E-state index contributed by atoms with van der Waals surface area (Å²) in [6, 6.07) is 0. The SMILES string of the molecule is COC(=O)[C@@H]1CC(C)C[C@H](C(=O)OC)C1. The molecule has 1 aliphatic carbocycles. The van der Waals surface area contributed by atoms with Crippen LogP contribution in [0.25, 0.3) is 0 Å². The van der Waals surface area contributed by atoms with Crippen LogP contribution in [0.2, 0.25) is 0 Å². The molecule has 1 saturated carbocycles. The smallest absolute Gasteiger partial charge is 0.308 e. The first-order chi connectivity index (χ1) is 7.08. The second kappa shape index (κ2) is 5.14. The molecule has 0 N–H and O–H groups in total. The van der Waals surface area contributed by atoms with Gasteiger partial charge in [-0.3, -0.25) is 9.59 Å². The Labute approximate surface area is 89.9 Å². The van der Waals surface area contributed by atoms with Crippen LogP contribution >= 0.6 is 0 Å². The van der Waals surface area contributed by atoms with Gasteiger partial charge in [0.05, 0.1) is 26.1 Å². The Balaban J connectivity index is 2.63. The van der Waals surface area contributed by atoms with E-state index in [1.165, 1.54) is 14.2 Å². The number of esters is 2. The molecule has 0 radical (unpaired) electrons. The van der Waals surface area contributed by atoms with Crippen LogP contribution in [0.4, 0.5) is 0 Å². The average Bonchev–Trinajstić information content (AvgIpc) is 2.26. The molecule has 0 saturated heterocycles. The Kier molecular flexibility index (Phi) is 4.12. The van der Waals surface area contributed by atoms with Crippen molar-refractivity contribution in [1.82, 2.24) is 0 Å². The second-order valence-corrected chi connectivity index (χ2v) is 4.25. The summed E-state index contributed by atoms with van der Waals surface area (Å²) in [7, 11) is 2.77. The van der Waals surface area contributed by atoms with Gasteiger partial charge in [-0.2, -0.15) is 0 Å². The van der Waals surface area contributed by atoms with Crippen LogP contribution < -0.4 is 0 Å². The van der Waals surface area contributed by atoms with Crippen molar-refractivity contribution in [2.75, 3.05) is 14.2 Å². The molecule has 1 aliphatic rings. The maximum absolute atomic E-state index is 11.4. The van der Waals surface area contributed by atoms with Gasteiger partial charge in [-0.1, -0.05) is 6.92 Å². The van der Waals surface area contributed by atoms with E-state index in [0.29, 0.717) is 12.3 Å². The summed E-state index contributed by atoms with van der Waals surface area (Å²) in [4.78, 5) is 22.8. The third-order valence-corrected chi connectivity index (χ3v) is 3.01. The molecular formula is C11H18O4. The topological polar surface area (TPSA) is 52.6 Å². The quantitative estimate of drug-likeness (QED) is 0.652. The summed E-state index contributed by atoms with van der Waals surface area (Å²) in [6.45, 7) is 2.05. The Morgan fingerprint density at radius 3 is 1.67 bits per heavy atom. The molecule has 86 valence electrons. The number of methoxy groups -OCH3 is 2. The van der Waals surface area contributed by atoms with Crippen molar-refractivity contribution in [3.8, 4) is 0 Å². The van der Waals surface area contributed by atoms with E-state index in [0.717, 1.165) is 12.8 Å². The molecule has 0 bridgehead atoms. The maximum Gasteiger partial charge on any atom is 0.308 e. The molecule has 0 amide bonds. The second-order valence-electron chi connectivity index (χ2n) is 4.25. The molecule has 0 heterocycles. The lowest BCUT2D eigenvalue weighted by Crippen LogP contribution is -2.32. The van der Waals surface area contributed by atoms with Gasteiger partial charge in [0.25, 0.3) is 0 Å². The first kappa shape index (κ1) is 12.0. The molecule has 0 aliphatic heterocycles. The van der Waals surface area contributed by atoms with Gasteiger partial charge in [-0.05, 0) is 25.2 Å². The van der Waals surface area contributed by atoms with Crippen LogP contribution in [0.5, 0.6) is 0 Å². The third-order valence-electron chi connectivity index (χ3n) is 3.01. The summed E-state index contributed by atoms with van der Waals surface area (Å²) in [5, 5.41) is 0. The molecule has 1 fully saturated rings. The fourth-order valence-corrected chi connectivity index (χ4v) is 2.32. The largest absolute Gasteiger partial charge is 0.469 e. The van der Waals surface area contributed by atoms with E-state index in [4.69, 9.17) is 9.47 Å². The van der Waals surface area contributed by atoms with Crippen LogP contribution in [-0.4, -0.2) is 26.2 Å². The van der Waals surface area contributed by atoms with Crippen LogP contribution in [0.3, 0.4) is 0 Å². The standard InChI is InChI=1S/C11H18O4/c1-7-4-8(10(12)14-2)6-9(5-7)11(13)15-3/h7-9H,4-6H2,1-3H3/t7?,8-,9+. The molecule has 0 aromatic rings. The van der Waals surface area contributed by atoms with Gasteiger partial charge >= 0.3 is 11.9 Å². The Bertz CT molecular complexity index is 225. The van der Waals surface area contributed by atoms with E-state index in [9.17, 15) is 9.59 Å². The first-order valence-electron chi connectivity index (χ1n) is 5.24. The van der Waals surface area contributed by atoms with E-state index in [-0.39, 0.29) is 23.8 Å². The average molecular weight is 214 g/mol. The minimum Gasteiger partial charge on any atom is -0.469 e. The minimum absolute atomic E-state index is 0.150. The summed E-state index contributed by atoms with van der Waals surface area (Å²) in [5.74, 6) is -0.358. The fraction of sp³-hybridized carbons (Fsp3) is 0.818. The molecule has 4 heteroatoms. The minimum atomic E-state index is -0.213. The van der Waals surface area contributed by atoms with Crippen molar-refractivity contribution in [1.29, 1.82) is 0 Å². The highest BCUT2D eigenvalue weighted by molar-refractivity contribution is 5.76. The summed E-state index contributed by atoms with van der Waals surface area (Å²) in [6.07, 6.45) is 2.17. The number of ether oxygens (including phenoxy) is 2. The molecule has 4 nitrogen and oxygen atoms in total. The van der Waals surface area contributed by atoms with E-state index in [1.54, 1.807) is 0 Å². The molecule has 15 heavy (non-hydrogen) atoms. The molecular weight excluding hydrogens is 196 g/mol. The van der Waals surface area contributed by atoms with Gasteiger partial charge in [0, 0.05) is 0 Å². The number of carbonyl (C=O) groups is 2. The first-order valence-corrected chi connectivity index (χ1v) is 5.24. The number of hydrogen-bond donors (Lipinski definition) is 0. The summed E-state index contributed by atoms with van der Waals surface area (Å²) in [5.41, 5.74) is 0. The molecule has 0 spiro atoms. The van der Waals surface area contributed by atoms with Crippen molar-refractivity contribution in [2.24, 2.45) is 17.8 Å². The van der Waals surface area contributed by atoms with E-state index < -0.39 is 0 Å². The fourth-order valence-electron chi connectivity index (χ4n) is 2.32.